The van der Waals surface area contributed by atoms with Crippen LogP contribution in [0.15, 0.2) is 12.1 Å². The molecule has 0 aromatic heterocycles. The molecule has 1 amide bonds. The van der Waals surface area contributed by atoms with E-state index in [2.05, 4.69) is 5.32 Å². The summed E-state index contributed by atoms with van der Waals surface area (Å²) in [5, 5.41) is 11.9. The van der Waals surface area contributed by atoms with Crippen molar-refractivity contribution in [1.29, 1.82) is 0 Å². The lowest BCUT2D eigenvalue weighted by atomic mass is 9.79. The molecular formula is C15H20F2N2O2. The number of carbonyl (C=O) groups is 1. The number of benzene rings is 1. The molecule has 116 valence electrons. The van der Waals surface area contributed by atoms with Gasteiger partial charge in [-0.1, -0.05) is 12.8 Å². The van der Waals surface area contributed by atoms with Crippen molar-refractivity contribution in [2.75, 3.05) is 18.9 Å². The molecule has 4 N–H and O–H groups in total. The molecule has 2 rings (SSSR count). The van der Waals surface area contributed by atoms with Crippen molar-refractivity contribution in [3.63, 3.8) is 0 Å². The Morgan fingerprint density at radius 3 is 2.62 bits per heavy atom. The normalized spacial score (nSPS) is 22.0. The molecule has 1 aliphatic carbocycles. The van der Waals surface area contributed by atoms with Crippen LogP contribution in [0.4, 0.5) is 14.5 Å². The number of nitrogens with one attached hydrogen (secondary N) is 1. The summed E-state index contributed by atoms with van der Waals surface area (Å²) in [5.74, 6) is -2.49. The quantitative estimate of drug-likeness (QED) is 0.745. The van der Waals surface area contributed by atoms with Crippen LogP contribution in [0.3, 0.4) is 0 Å². The van der Waals surface area contributed by atoms with Crippen LogP contribution < -0.4 is 11.1 Å². The molecule has 6 heteroatoms. The summed E-state index contributed by atoms with van der Waals surface area (Å²) in [4.78, 5) is 12.0. The third kappa shape index (κ3) is 3.50. The van der Waals surface area contributed by atoms with E-state index >= 15 is 0 Å². The second-order valence-corrected chi connectivity index (χ2v) is 5.52. The van der Waals surface area contributed by atoms with Gasteiger partial charge < -0.3 is 16.2 Å². The van der Waals surface area contributed by atoms with Gasteiger partial charge in [-0.2, -0.15) is 0 Å². The first kappa shape index (κ1) is 15.7. The SMILES string of the molecule is Nc1ccc(F)c(C(=O)NCC2CCCCC2CO)c1F. The first-order chi connectivity index (χ1) is 10.0. The van der Waals surface area contributed by atoms with Gasteiger partial charge in [-0.05, 0) is 36.8 Å². The Morgan fingerprint density at radius 2 is 1.95 bits per heavy atom. The van der Waals surface area contributed by atoms with Crippen LogP contribution in [0.25, 0.3) is 0 Å². The Kier molecular flexibility index (Phi) is 5.12. The summed E-state index contributed by atoms with van der Waals surface area (Å²) >= 11 is 0. The zero-order valence-electron chi connectivity index (χ0n) is 11.7. The van der Waals surface area contributed by atoms with Gasteiger partial charge in [0.15, 0.2) is 5.82 Å². The predicted molar refractivity (Wildman–Crippen MR) is 75.6 cm³/mol. The molecule has 0 bridgehead atoms. The predicted octanol–water partition coefficient (Wildman–Crippen LogP) is 2.08. The molecule has 2 atom stereocenters. The van der Waals surface area contributed by atoms with Crippen LogP contribution >= 0.6 is 0 Å². The lowest BCUT2D eigenvalue weighted by Crippen LogP contribution is -2.36. The fourth-order valence-corrected chi connectivity index (χ4v) is 2.88. The molecule has 1 fully saturated rings. The number of carbonyl (C=O) groups excluding carboxylic acids is 1. The van der Waals surface area contributed by atoms with E-state index in [0.717, 1.165) is 37.8 Å². The van der Waals surface area contributed by atoms with Gasteiger partial charge >= 0.3 is 0 Å². The third-order valence-corrected chi connectivity index (χ3v) is 4.17. The van der Waals surface area contributed by atoms with Crippen molar-refractivity contribution in [3.8, 4) is 0 Å². The van der Waals surface area contributed by atoms with Gasteiger partial charge in [-0.3, -0.25) is 4.79 Å². The molecule has 1 aliphatic rings. The van der Waals surface area contributed by atoms with Crippen LogP contribution in [0.2, 0.25) is 0 Å². The summed E-state index contributed by atoms with van der Waals surface area (Å²) in [6, 6.07) is 2.06. The number of amides is 1. The van der Waals surface area contributed by atoms with Gasteiger partial charge in [0.25, 0.3) is 5.91 Å². The molecule has 1 saturated carbocycles. The van der Waals surface area contributed by atoms with E-state index in [9.17, 15) is 18.7 Å². The lowest BCUT2D eigenvalue weighted by molar-refractivity contribution is 0.0901. The molecule has 1 aromatic rings. The van der Waals surface area contributed by atoms with Crippen LogP contribution in [0.5, 0.6) is 0 Å². The van der Waals surface area contributed by atoms with E-state index in [0.29, 0.717) is 6.54 Å². The van der Waals surface area contributed by atoms with E-state index < -0.39 is 23.1 Å². The number of nitrogens with two attached hydrogens (primary N) is 1. The summed E-state index contributed by atoms with van der Waals surface area (Å²) in [6.45, 7) is 0.374. The highest BCUT2D eigenvalue weighted by Gasteiger charge is 2.26. The van der Waals surface area contributed by atoms with Gasteiger partial charge in [-0.25, -0.2) is 8.78 Å². The molecule has 21 heavy (non-hydrogen) atoms. The molecule has 1 aromatic carbocycles. The van der Waals surface area contributed by atoms with Crippen LogP contribution in [-0.4, -0.2) is 24.2 Å². The highest BCUT2D eigenvalue weighted by atomic mass is 19.1. The number of aliphatic hydroxyl groups excluding tert-OH is 1. The molecule has 0 spiro atoms. The molecule has 0 aliphatic heterocycles. The number of hydrogen-bond acceptors (Lipinski definition) is 3. The zero-order chi connectivity index (χ0) is 15.4. The minimum absolute atomic E-state index is 0.0710. The average Bonchev–Trinajstić information content (AvgIpc) is 2.49. The monoisotopic (exact) mass is 298 g/mol. The Hall–Kier alpha value is -1.69. The maximum absolute atomic E-state index is 13.8. The van der Waals surface area contributed by atoms with Crippen molar-refractivity contribution in [1.82, 2.24) is 5.32 Å². The number of halogens is 2. The Labute approximate surface area is 122 Å². The Bertz CT molecular complexity index is 523. The standard InChI is InChI=1S/C15H20F2N2O2/c16-11-5-6-12(18)14(17)13(11)15(21)19-7-9-3-1-2-4-10(9)8-20/h5-6,9-10,20H,1-4,7-8,18H2,(H,19,21). The van der Waals surface area contributed by atoms with Crippen molar-refractivity contribution in [3.05, 3.63) is 29.3 Å². The van der Waals surface area contributed by atoms with E-state index in [-0.39, 0.29) is 24.1 Å². The lowest BCUT2D eigenvalue weighted by Gasteiger charge is -2.30. The van der Waals surface area contributed by atoms with Gasteiger partial charge in [0.2, 0.25) is 0 Å². The number of rotatable bonds is 4. The van der Waals surface area contributed by atoms with E-state index in [4.69, 9.17) is 5.73 Å². The molecular weight excluding hydrogens is 278 g/mol. The summed E-state index contributed by atoms with van der Waals surface area (Å²) in [5.41, 5.74) is 4.45. The molecule has 4 nitrogen and oxygen atoms in total. The van der Waals surface area contributed by atoms with Crippen LogP contribution in [0.1, 0.15) is 36.0 Å². The molecule has 0 radical (unpaired) electrons. The largest absolute Gasteiger partial charge is 0.396 e. The minimum Gasteiger partial charge on any atom is -0.396 e. The van der Waals surface area contributed by atoms with Crippen LogP contribution in [0, 0.1) is 23.5 Å². The summed E-state index contributed by atoms with van der Waals surface area (Å²) < 4.78 is 27.3. The van der Waals surface area contributed by atoms with Gasteiger partial charge in [0.05, 0.1) is 5.69 Å². The number of anilines is 1. The van der Waals surface area contributed by atoms with Gasteiger partial charge in [-0.15, -0.1) is 0 Å². The van der Waals surface area contributed by atoms with E-state index in [1.165, 1.54) is 0 Å². The van der Waals surface area contributed by atoms with E-state index in [1.54, 1.807) is 0 Å². The fourth-order valence-electron chi connectivity index (χ4n) is 2.88. The molecule has 2 unspecified atom stereocenters. The Balaban J connectivity index is 2.03. The van der Waals surface area contributed by atoms with Crippen molar-refractivity contribution >= 4 is 11.6 Å². The van der Waals surface area contributed by atoms with Gasteiger partial charge in [0.1, 0.15) is 11.4 Å². The summed E-state index contributed by atoms with van der Waals surface area (Å²) in [7, 11) is 0. The fraction of sp³-hybridized carbons (Fsp3) is 0.533. The highest BCUT2D eigenvalue weighted by molar-refractivity contribution is 5.95. The molecule has 0 saturated heterocycles. The highest BCUT2D eigenvalue weighted by Crippen LogP contribution is 2.29. The smallest absolute Gasteiger partial charge is 0.257 e. The third-order valence-electron chi connectivity index (χ3n) is 4.17. The topological polar surface area (TPSA) is 75.4 Å². The minimum atomic E-state index is -1.03. The van der Waals surface area contributed by atoms with Gasteiger partial charge in [0, 0.05) is 13.2 Å². The second kappa shape index (κ2) is 6.85. The maximum atomic E-state index is 13.8. The average molecular weight is 298 g/mol. The van der Waals surface area contributed by atoms with E-state index in [1.807, 2.05) is 0 Å². The first-order valence-corrected chi connectivity index (χ1v) is 7.17. The van der Waals surface area contributed by atoms with Crippen LogP contribution in [-0.2, 0) is 0 Å². The van der Waals surface area contributed by atoms with Crippen molar-refractivity contribution in [2.24, 2.45) is 11.8 Å². The Morgan fingerprint density at radius 1 is 1.29 bits per heavy atom. The number of hydrogen-bond donors (Lipinski definition) is 3. The number of aliphatic hydroxyl groups is 1. The first-order valence-electron chi connectivity index (χ1n) is 7.17. The summed E-state index contributed by atoms with van der Waals surface area (Å²) in [6.07, 6.45) is 3.91. The number of nitrogen functional groups attached to an aromatic ring is 1. The van der Waals surface area contributed by atoms with Crippen molar-refractivity contribution in [2.45, 2.75) is 25.7 Å². The second-order valence-electron chi connectivity index (χ2n) is 5.52. The van der Waals surface area contributed by atoms with Crippen molar-refractivity contribution < 1.29 is 18.7 Å². The zero-order valence-corrected chi connectivity index (χ0v) is 11.7. The molecule has 0 heterocycles. The maximum Gasteiger partial charge on any atom is 0.257 e.